The Morgan fingerprint density at radius 1 is 1.54 bits per heavy atom. The van der Waals surface area contributed by atoms with Crippen molar-refractivity contribution in [2.45, 2.75) is 0 Å². The number of hydrogen-bond donors (Lipinski definition) is 2. The summed E-state index contributed by atoms with van der Waals surface area (Å²) in [6.07, 6.45) is 0. The van der Waals surface area contributed by atoms with Crippen LogP contribution in [0.5, 0.6) is 0 Å². The molecule has 5 heteroatoms. The summed E-state index contributed by atoms with van der Waals surface area (Å²) in [5.74, 6) is -1.04. The van der Waals surface area contributed by atoms with E-state index >= 15 is 0 Å². The Bertz CT molecular complexity index is 349. The van der Waals surface area contributed by atoms with Gasteiger partial charge in [0.2, 0.25) is 0 Å². The number of carbonyl (C=O) groups is 1. The smallest absolute Gasteiger partial charge is 0.337 e. The molecule has 0 aliphatic rings. The van der Waals surface area contributed by atoms with Gasteiger partial charge < -0.3 is 10.4 Å². The Morgan fingerprint density at radius 3 is 2.69 bits per heavy atom. The minimum absolute atomic E-state index is 0.120. The summed E-state index contributed by atoms with van der Waals surface area (Å²) in [6.45, 7) is 0. The predicted molar refractivity (Wildman–Crippen MR) is 48.4 cm³/mol. The topological polar surface area (TPSA) is 78.8 Å². The van der Waals surface area contributed by atoms with Gasteiger partial charge in [-0.1, -0.05) is 0 Å². The molecule has 0 amide bonds. The normalized spacial score (nSPS) is 9.31. The number of nitrogens with zero attached hydrogens (tertiary/aromatic N) is 1. The molecule has 0 aliphatic heterocycles. The quantitative estimate of drug-likeness (QED) is 0.695. The summed E-state index contributed by atoms with van der Waals surface area (Å²) >= 11 is 0. The number of anilines is 1. The molecule has 0 saturated carbocycles. The van der Waals surface area contributed by atoms with Gasteiger partial charge in [0.1, 0.15) is 5.69 Å². The summed E-state index contributed by atoms with van der Waals surface area (Å²) in [4.78, 5) is 20.8. The van der Waals surface area contributed by atoms with Crippen LogP contribution in [0.3, 0.4) is 0 Å². The number of benzene rings is 1. The van der Waals surface area contributed by atoms with Crippen LogP contribution >= 0.6 is 0 Å². The van der Waals surface area contributed by atoms with Crippen molar-refractivity contribution in [3.63, 3.8) is 0 Å². The van der Waals surface area contributed by atoms with E-state index in [9.17, 15) is 9.70 Å². The summed E-state index contributed by atoms with van der Waals surface area (Å²) in [5, 5.41) is 14.1. The second-order valence-electron chi connectivity index (χ2n) is 2.38. The van der Waals surface area contributed by atoms with E-state index in [0.717, 1.165) is 0 Å². The first-order chi connectivity index (χ1) is 6.19. The van der Waals surface area contributed by atoms with E-state index in [1.54, 1.807) is 7.05 Å². The van der Waals surface area contributed by atoms with E-state index in [1.165, 1.54) is 18.2 Å². The highest BCUT2D eigenvalue weighted by atomic mass is 16.4. The molecule has 0 saturated heterocycles. The van der Waals surface area contributed by atoms with Crippen molar-refractivity contribution in [1.29, 1.82) is 0 Å². The first kappa shape index (κ1) is 9.18. The van der Waals surface area contributed by atoms with E-state index in [4.69, 9.17) is 5.11 Å². The number of carboxylic acids is 1. The molecule has 1 aromatic carbocycles. The van der Waals surface area contributed by atoms with Crippen molar-refractivity contribution in [1.82, 2.24) is 0 Å². The Morgan fingerprint density at radius 2 is 2.23 bits per heavy atom. The molecule has 0 bridgehead atoms. The molecule has 2 N–H and O–H groups in total. The van der Waals surface area contributed by atoms with Crippen molar-refractivity contribution in [3.05, 3.63) is 28.7 Å². The van der Waals surface area contributed by atoms with Crippen molar-refractivity contribution in [3.8, 4) is 0 Å². The van der Waals surface area contributed by atoms with Crippen LogP contribution in [0.4, 0.5) is 11.4 Å². The van der Waals surface area contributed by atoms with Crippen LogP contribution in [-0.2, 0) is 0 Å². The van der Waals surface area contributed by atoms with Crippen molar-refractivity contribution >= 4 is 17.3 Å². The highest BCUT2D eigenvalue weighted by molar-refractivity contribution is 5.94. The van der Waals surface area contributed by atoms with Crippen LogP contribution < -0.4 is 5.32 Å². The molecule has 0 fully saturated rings. The lowest BCUT2D eigenvalue weighted by Crippen LogP contribution is -2.01. The Hall–Kier alpha value is -1.91. The van der Waals surface area contributed by atoms with Gasteiger partial charge in [-0.05, 0) is 23.4 Å². The molecule has 0 heterocycles. The van der Waals surface area contributed by atoms with Gasteiger partial charge in [0.05, 0.1) is 11.3 Å². The maximum absolute atomic E-state index is 10.6. The first-order valence-corrected chi connectivity index (χ1v) is 3.57. The van der Waals surface area contributed by atoms with Gasteiger partial charge in [-0.15, -0.1) is 4.91 Å². The predicted octanol–water partition coefficient (Wildman–Crippen LogP) is 1.82. The molecule has 1 rings (SSSR count). The van der Waals surface area contributed by atoms with Crippen LogP contribution in [0.1, 0.15) is 10.4 Å². The van der Waals surface area contributed by atoms with Crippen molar-refractivity contribution in [2.75, 3.05) is 12.4 Å². The summed E-state index contributed by atoms with van der Waals surface area (Å²) in [7, 11) is 1.58. The average molecular weight is 180 g/mol. The van der Waals surface area contributed by atoms with Crippen molar-refractivity contribution in [2.24, 2.45) is 5.18 Å². The maximum atomic E-state index is 10.6. The lowest BCUT2D eigenvalue weighted by Gasteiger charge is -2.04. The standard InChI is InChI=1S/C8H8N2O3/c1-9-7-4-5(10-13)2-3-6(7)8(11)12/h2-4,9H,1H3,(H,11,12). The van der Waals surface area contributed by atoms with Gasteiger partial charge in [-0.3, -0.25) is 0 Å². The van der Waals surface area contributed by atoms with Gasteiger partial charge in [0.15, 0.2) is 0 Å². The number of carboxylic acid groups (broad SMARTS) is 1. The van der Waals surface area contributed by atoms with Gasteiger partial charge in [0.25, 0.3) is 0 Å². The monoisotopic (exact) mass is 180 g/mol. The summed E-state index contributed by atoms with van der Waals surface area (Å²) in [5.41, 5.74) is 0.703. The average Bonchev–Trinajstić information content (AvgIpc) is 2.16. The molecular formula is C8H8N2O3. The molecule has 0 atom stereocenters. The summed E-state index contributed by atoms with van der Waals surface area (Å²) < 4.78 is 0. The number of nitrogens with one attached hydrogen (secondary N) is 1. The van der Waals surface area contributed by atoms with Crippen LogP contribution in [0.2, 0.25) is 0 Å². The second-order valence-corrected chi connectivity index (χ2v) is 2.38. The van der Waals surface area contributed by atoms with E-state index in [2.05, 4.69) is 10.5 Å². The number of aromatic carboxylic acids is 1. The number of nitroso groups, excluding NO2 is 1. The maximum Gasteiger partial charge on any atom is 0.337 e. The fourth-order valence-electron chi connectivity index (χ4n) is 0.982. The van der Waals surface area contributed by atoms with Crippen LogP contribution in [-0.4, -0.2) is 18.1 Å². The molecule has 0 spiro atoms. The van der Waals surface area contributed by atoms with Crippen LogP contribution in [0.15, 0.2) is 23.4 Å². The zero-order valence-corrected chi connectivity index (χ0v) is 6.94. The second kappa shape index (κ2) is 3.66. The molecule has 68 valence electrons. The van der Waals surface area contributed by atoms with Crippen LogP contribution in [0, 0.1) is 4.91 Å². The largest absolute Gasteiger partial charge is 0.478 e. The zero-order chi connectivity index (χ0) is 9.84. The molecule has 0 aliphatic carbocycles. The third kappa shape index (κ3) is 1.81. The van der Waals surface area contributed by atoms with Gasteiger partial charge in [0, 0.05) is 7.05 Å². The number of rotatable bonds is 3. The Kier molecular flexibility index (Phi) is 2.59. The minimum atomic E-state index is -1.04. The molecule has 5 nitrogen and oxygen atoms in total. The van der Waals surface area contributed by atoms with Gasteiger partial charge in [-0.2, -0.15) is 0 Å². The lowest BCUT2D eigenvalue weighted by molar-refractivity contribution is 0.0698. The zero-order valence-electron chi connectivity index (χ0n) is 6.94. The Balaban J connectivity index is 3.23. The molecule has 13 heavy (non-hydrogen) atoms. The Labute approximate surface area is 74.4 Å². The molecular weight excluding hydrogens is 172 g/mol. The van der Waals surface area contributed by atoms with Gasteiger partial charge in [-0.25, -0.2) is 4.79 Å². The van der Waals surface area contributed by atoms with Crippen molar-refractivity contribution < 1.29 is 9.90 Å². The SMILES string of the molecule is CNc1cc(N=O)ccc1C(=O)O. The fourth-order valence-corrected chi connectivity index (χ4v) is 0.982. The highest BCUT2D eigenvalue weighted by Crippen LogP contribution is 2.22. The van der Waals surface area contributed by atoms with Crippen LogP contribution in [0.25, 0.3) is 0 Å². The third-order valence-corrected chi connectivity index (χ3v) is 1.61. The first-order valence-electron chi connectivity index (χ1n) is 3.57. The highest BCUT2D eigenvalue weighted by Gasteiger charge is 2.09. The fraction of sp³-hybridized carbons (Fsp3) is 0.125. The number of hydrogen-bond acceptors (Lipinski definition) is 4. The van der Waals surface area contributed by atoms with E-state index in [1.807, 2.05) is 0 Å². The van der Waals surface area contributed by atoms with E-state index in [0.29, 0.717) is 5.69 Å². The molecule has 0 unspecified atom stereocenters. The van der Waals surface area contributed by atoms with Gasteiger partial charge >= 0.3 is 5.97 Å². The van der Waals surface area contributed by atoms with E-state index < -0.39 is 5.97 Å². The molecule has 1 aromatic rings. The molecule has 0 aromatic heterocycles. The van der Waals surface area contributed by atoms with E-state index in [-0.39, 0.29) is 11.3 Å². The third-order valence-electron chi connectivity index (χ3n) is 1.61. The molecule has 0 radical (unpaired) electrons. The lowest BCUT2D eigenvalue weighted by atomic mass is 10.1. The minimum Gasteiger partial charge on any atom is -0.478 e. The summed E-state index contributed by atoms with van der Waals surface area (Å²) in [6, 6.07) is 4.08.